The van der Waals surface area contributed by atoms with Gasteiger partial charge in [0.15, 0.2) is 0 Å². The van der Waals surface area contributed by atoms with Crippen molar-refractivity contribution in [1.82, 2.24) is 0 Å². The van der Waals surface area contributed by atoms with E-state index in [-0.39, 0.29) is 0 Å². The van der Waals surface area contributed by atoms with Crippen LogP contribution in [0.3, 0.4) is 0 Å². The van der Waals surface area contributed by atoms with Crippen LogP contribution in [0.5, 0.6) is 0 Å². The van der Waals surface area contributed by atoms with E-state index in [9.17, 15) is 4.79 Å². The Hall–Kier alpha value is -3.89. The Kier molecular flexibility index (Phi) is 5.39. The van der Waals surface area contributed by atoms with Crippen LogP contribution >= 0.6 is 0 Å². The summed E-state index contributed by atoms with van der Waals surface area (Å²) in [5.74, 6) is 0. The molecule has 6 aromatic rings. The molecule has 6 rings (SSSR count). The van der Waals surface area contributed by atoms with Gasteiger partial charge in [0.05, 0.1) is 0 Å². The van der Waals surface area contributed by atoms with Gasteiger partial charge in [0.2, 0.25) is 0 Å². The van der Waals surface area contributed by atoms with E-state index >= 15 is 0 Å². The average Bonchev–Trinajstić information content (AvgIpc) is 3.28. The van der Waals surface area contributed by atoms with Gasteiger partial charge in [-0.05, 0) is 0 Å². The zero-order valence-electron chi connectivity index (χ0n) is 19.4. The third-order valence-corrected chi connectivity index (χ3v) is 16.9. The molecule has 3 heteroatoms. The molecule has 0 saturated heterocycles. The minimum absolute atomic E-state index is 0.601. The van der Waals surface area contributed by atoms with Gasteiger partial charge in [-0.2, -0.15) is 0 Å². The van der Waals surface area contributed by atoms with Gasteiger partial charge in [-0.25, -0.2) is 0 Å². The van der Waals surface area contributed by atoms with E-state index < -0.39 is 13.3 Å². The molecule has 0 N–H and O–H groups in total. The molecule has 0 unspecified atom stereocenters. The monoisotopic (exact) mass is 514 g/mol. The molecule has 2 nitrogen and oxygen atoms in total. The van der Waals surface area contributed by atoms with Crippen molar-refractivity contribution >= 4 is 59.1 Å². The molecule has 5 aromatic carbocycles. The second-order valence-corrected chi connectivity index (χ2v) is 17.0. The predicted octanol–water partition coefficient (Wildman–Crippen LogP) is 5.08. The van der Waals surface area contributed by atoms with Crippen molar-refractivity contribution in [2.45, 2.75) is 6.92 Å². The Labute approximate surface area is 207 Å². The summed E-state index contributed by atoms with van der Waals surface area (Å²) in [5, 5.41) is 2.05. The van der Waals surface area contributed by atoms with E-state index in [1.807, 2.05) is 12.1 Å². The van der Waals surface area contributed by atoms with Gasteiger partial charge in [-0.15, -0.1) is 0 Å². The summed E-state index contributed by atoms with van der Waals surface area (Å²) in [6.07, 6.45) is 0.940. The van der Waals surface area contributed by atoms with Crippen molar-refractivity contribution in [1.29, 1.82) is 0 Å². The summed E-state index contributed by atoms with van der Waals surface area (Å²) in [4.78, 5) is 12.4. The third kappa shape index (κ3) is 3.45. The molecule has 0 aliphatic carbocycles. The fraction of sp³-hybridized carbons (Fsp3) is 0.0312. The fourth-order valence-corrected chi connectivity index (χ4v) is 15.5. The first-order valence-corrected chi connectivity index (χ1v) is 16.0. The fourth-order valence-electron chi connectivity index (χ4n) is 5.39. The number of hydrogen-bond acceptors (Lipinski definition) is 2. The van der Waals surface area contributed by atoms with Crippen LogP contribution in [0, 0.1) is 6.92 Å². The number of fused-ring (bicyclic) bond motifs is 3. The summed E-state index contributed by atoms with van der Waals surface area (Å²) in [5.41, 5.74) is 3.24. The van der Waals surface area contributed by atoms with E-state index in [1.165, 1.54) is 23.1 Å². The predicted molar refractivity (Wildman–Crippen MR) is 147 cm³/mol. The first-order valence-electron chi connectivity index (χ1n) is 11.8. The summed E-state index contributed by atoms with van der Waals surface area (Å²) in [6, 6.07) is 43.0. The van der Waals surface area contributed by atoms with Crippen molar-refractivity contribution < 1.29 is 9.21 Å². The number of benzene rings is 5. The Bertz CT molecular complexity index is 1560. The topological polar surface area (TPSA) is 30.2 Å². The van der Waals surface area contributed by atoms with Crippen molar-refractivity contribution in [3.05, 3.63) is 132 Å². The molecule has 0 bridgehead atoms. The molecule has 0 saturated carbocycles. The molecule has 0 aliphatic rings. The van der Waals surface area contributed by atoms with Gasteiger partial charge in [0, 0.05) is 0 Å². The number of aryl methyl sites for hydroxylation is 1. The average molecular weight is 513 g/mol. The van der Waals surface area contributed by atoms with Crippen LogP contribution in [0.25, 0.3) is 21.9 Å². The van der Waals surface area contributed by atoms with Crippen LogP contribution < -0.4 is 17.6 Å². The van der Waals surface area contributed by atoms with E-state index in [0.717, 1.165) is 22.6 Å². The zero-order chi connectivity index (χ0) is 23.8. The number of furan rings is 1. The molecule has 0 spiro atoms. The Balaban J connectivity index is 1.81. The van der Waals surface area contributed by atoms with E-state index in [0.29, 0.717) is 11.1 Å². The van der Waals surface area contributed by atoms with Gasteiger partial charge in [0.25, 0.3) is 0 Å². The normalized spacial score (nSPS) is 11.7. The molecule has 1 aromatic heterocycles. The summed E-state index contributed by atoms with van der Waals surface area (Å²) < 4.78 is 11.4. The Morgan fingerprint density at radius 3 is 1.66 bits per heavy atom. The maximum absolute atomic E-state index is 12.4. The molecule has 1 heterocycles. The van der Waals surface area contributed by atoms with Crippen molar-refractivity contribution in [2.24, 2.45) is 0 Å². The minimum atomic E-state index is -3.48. The van der Waals surface area contributed by atoms with Crippen LogP contribution in [0.4, 0.5) is 0 Å². The van der Waals surface area contributed by atoms with Crippen LogP contribution in [0.1, 0.15) is 15.9 Å². The second-order valence-electron chi connectivity index (χ2n) is 9.01. The molecular formula is C32H24GeO2. The van der Waals surface area contributed by atoms with Gasteiger partial charge in [-0.1, -0.05) is 0 Å². The number of aldehydes is 1. The Morgan fingerprint density at radius 1 is 0.600 bits per heavy atom. The molecule has 35 heavy (non-hydrogen) atoms. The van der Waals surface area contributed by atoms with Crippen molar-refractivity contribution in [3.8, 4) is 0 Å². The first-order chi connectivity index (χ1) is 17.2. The molecule has 0 radical (unpaired) electrons. The summed E-state index contributed by atoms with van der Waals surface area (Å²) in [6.45, 7) is 2.09. The Morgan fingerprint density at radius 2 is 1.14 bits per heavy atom. The molecular weight excluding hydrogens is 489 g/mol. The first kappa shape index (κ1) is 21.6. The maximum atomic E-state index is 12.4. The molecule has 0 atom stereocenters. The zero-order valence-corrected chi connectivity index (χ0v) is 21.5. The number of hydrogen-bond donors (Lipinski definition) is 0. The van der Waals surface area contributed by atoms with E-state index in [2.05, 4.69) is 116 Å². The standard InChI is InChI=1S/C32H24GeO2/c1-23-17-18-31-29(19-23)30-21-28(20-24(22-34)32(30)35-31)33(25-11-5-2-6-12-25,26-13-7-3-8-14-26)27-15-9-4-10-16-27/h2-22H,1H3. The summed E-state index contributed by atoms with van der Waals surface area (Å²) >= 11 is -3.48. The van der Waals surface area contributed by atoms with E-state index in [1.54, 1.807) is 0 Å². The number of rotatable bonds is 5. The SMILES string of the molecule is Cc1ccc2oc3c(C=O)c[c]([Ge]([c]4ccccc4)([c]4ccccc4)[c]4ccccc4)cc3c2c1. The molecule has 0 aliphatic heterocycles. The van der Waals surface area contributed by atoms with Crippen molar-refractivity contribution in [2.75, 3.05) is 0 Å². The molecule has 0 fully saturated rings. The number of carbonyl (C=O) groups is 1. The molecule has 168 valence electrons. The third-order valence-electron chi connectivity index (χ3n) is 6.94. The van der Waals surface area contributed by atoms with Crippen LogP contribution in [0.2, 0.25) is 0 Å². The quantitative estimate of drug-likeness (QED) is 0.238. The van der Waals surface area contributed by atoms with Crippen LogP contribution in [-0.2, 0) is 0 Å². The van der Waals surface area contributed by atoms with Crippen LogP contribution in [-0.4, -0.2) is 19.6 Å². The number of carbonyl (C=O) groups excluding carboxylic acids is 1. The summed E-state index contributed by atoms with van der Waals surface area (Å²) in [7, 11) is 0. The van der Waals surface area contributed by atoms with Gasteiger partial charge < -0.3 is 0 Å². The second kappa shape index (κ2) is 8.72. The van der Waals surface area contributed by atoms with Crippen molar-refractivity contribution in [3.63, 3.8) is 0 Å². The van der Waals surface area contributed by atoms with Crippen LogP contribution in [0.15, 0.2) is 126 Å². The van der Waals surface area contributed by atoms with E-state index in [4.69, 9.17) is 4.42 Å². The van der Waals surface area contributed by atoms with Gasteiger partial charge >= 0.3 is 208 Å². The van der Waals surface area contributed by atoms with Gasteiger partial charge in [0.1, 0.15) is 0 Å². The van der Waals surface area contributed by atoms with Gasteiger partial charge in [-0.3, -0.25) is 0 Å². The molecule has 0 amide bonds.